The minimum absolute atomic E-state index is 0.0103. The van der Waals surface area contributed by atoms with Crippen molar-refractivity contribution in [3.05, 3.63) is 25.3 Å². The summed E-state index contributed by atoms with van der Waals surface area (Å²) >= 11 is 0. The average Bonchev–Trinajstić information content (AvgIpc) is 2.65. The number of ether oxygens (including phenoxy) is 5. The first-order valence-electron chi connectivity index (χ1n) is 8.84. The lowest BCUT2D eigenvalue weighted by Gasteiger charge is -2.19. The fraction of sp³-hybridized carbons (Fsp3) is 0.625. The van der Waals surface area contributed by atoms with E-state index in [-0.39, 0.29) is 39.6 Å². The molecule has 0 aromatic heterocycles. The Morgan fingerprint density at radius 3 is 1.48 bits per heavy atom. The maximum Gasteiger partial charge on any atom is 0.330 e. The van der Waals surface area contributed by atoms with Crippen LogP contribution in [0.2, 0.25) is 0 Å². The Labute approximate surface area is 179 Å². The van der Waals surface area contributed by atoms with Crippen molar-refractivity contribution in [2.75, 3.05) is 52.0 Å². The highest BCUT2D eigenvalue weighted by Gasteiger charge is 2.28. The minimum Gasteiger partial charge on any atom is -0.460 e. The molecule has 180 valence electrons. The van der Waals surface area contributed by atoms with Gasteiger partial charge < -0.3 is 43.3 Å². The van der Waals surface area contributed by atoms with Gasteiger partial charge in [0.25, 0.3) is 0 Å². The smallest absolute Gasteiger partial charge is 0.330 e. The predicted octanol–water partition coefficient (Wildman–Crippen LogP) is -0.413. The molecule has 0 fully saturated rings. The maximum absolute atomic E-state index is 11.1. The van der Waals surface area contributed by atoms with Gasteiger partial charge in [0.05, 0.1) is 44.9 Å². The highest BCUT2D eigenvalue weighted by molar-refractivity contribution is 7.53. The molecule has 0 spiro atoms. The van der Waals surface area contributed by atoms with Crippen LogP contribution in [0.1, 0.15) is 0 Å². The summed E-state index contributed by atoms with van der Waals surface area (Å²) in [4.78, 5) is 58.1. The third-order valence-corrected chi connectivity index (χ3v) is 4.97. The van der Waals surface area contributed by atoms with Crippen LogP contribution in [0.3, 0.4) is 0 Å². The molecule has 0 bridgehead atoms. The largest absolute Gasteiger partial charge is 0.460 e. The lowest BCUT2D eigenvalue weighted by Crippen LogP contribution is -2.29. The molecule has 31 heavy (non-hydrogen) atoms. The van der Waals surface area contributed by atoms with Gasteiger partial charge in [0, 0.05) is 12.2 Å². The molecule has 0 unspecified atom stereocenters. The zero-order chi connectivity index (χ0) is 23.9. The van der Waals surface area contributed by atoms with Gasteiger partial charge in [-0.3, -0.25) is 9.13 Å². The number of rotatable bonds is 18. The molecule has 4 N–H and O–H groups in total. The molecule has 0 heterocycles. The summed E-state index contributed by atoms with van der Waals surface area (Å²) in [6.07, 6.45) is -1.87. The minimum atomic E-state index is -4.53. The van der Waals surface area contributed by atoms with Crippen LogP contribution in [0.25, 0.3) is 0 Å². The highest BCUT2D eigenvalue weighted by Crippen LogP contribution is 2.41. The second-order valence-corrected chi connectivity index (χ2v) is 9.35. The van der Waals surface area contributed by atoms with Crippen molar-refractivity contribution in [3.63, 3.8) is 0 Å². The van der Waals surface area contributed by atoms with E-state index in [1.807, 2.05) is 0 Å². The maximum atomic E-state index is 11.1. The lowest BCUT2D eigenvalue weighted by atomic mass is 10.4. The molecule has 0 amide bonds. The first kappa shape index (κ1) is 29.6. The van der Waals surface area contributed by atoms with Crippen LogP contribution < -0.4 is 0 Å². The van der Waals surface area contributed by atoms with E-state index in [1.165, 1.54) is 0 Å². The molecular formula is C16H28O13P2. The molecule has 0 saturated carbocycles. The Morgan fingerprint density at radius 1 is 0.742 bits per heavy atom. The molecule has 0 aromatic rings. The Kier molecular flexibility index (Phi) is 14.7. The van der Waals surface area contributed by atoms with E-state index in [9.17, 15) is 18.7 Å². The van der Waals surface area contributed by atoms with E-state index in [2.05, 4.69) is 13.2 Å². The van der Waals surface area contributed by atoms with Crippen LogP contribution >= 0.6 is 15.2 Å². The SMILES string of the molecule is C=CC(=O)OCC(COC(=O)C=C)OCCOCCOC(CP(=O)(O)O)CP(=O)(O)O. The Balaban J connectivity index is 4.28. The molecule has 0 radical (unpaired) electrons. The van der Waals surface area contributed by atoms with Crippen molar-refractivity contribution >= 4 is 27.1 Å². The van der Waals surface area contributed by atoms with E-state index in [0.717, 1.165) is 12.2 Å². The number of hydrogen-bond acceptors (Lipinski definition) is 9. The van der Waals surface area contributed by atoms with Crippen LogP contribution in [-0.4, -0.2) is 95.7 Å². The van der Waals surface area contributed by atoms with E-state index >= 15 is 0 Å². The molecule has 0 aliphatic carbocycles. The number of esters is 2. The van der Waals surface area contributed by atoms with Crippen molar-refractivity contribution in [3.8, 4) is 0 Å². The van der Waals surface area contributed by atoms with Gasteiger partial charge in [0.15, 0.2) is 0 Å². The quantitative estimate of drug-likeness (QED) is 0.0838. The van der Waals surface area contributed by atoms with Gasteiger partial charge in [-0.15, -0.1) is 0 Å². The molecule has 0 atom stereocenters. The summed E-state index contributed by atoms with van der Waals surface area (Å²) < 4.78 is 47.4. The molecule has 0 aromatic carbocycles. The Hall–Kier alpha value is -1.40. The standard InChI is InChI=1S/C16H28O13P2/c1-3-15(17)28-9-13(10-29-16(18)4-2)26-7-5-25-6-8-27-14(11-30(19,20)21)12-31(22,23)24/h3-4,13-14H,1-2,5-12H2,(H2,19,20,21)(H2,22,23,24). The van der Waals surface area contributed by atoms with Crippen molar-refractivity contribution in [2.24, 2.45) is 0 Å². The van der Waals surface area contributed by atoms with E-state index < -0.39 is 51.7 Å². The third-order valence-electron chi connectivity index (χ3n) is 3.20. The van der Waals surface area contributed by atoms with Gasteiger partial charge in [-0.1, -0.05) is 13.2 Å². The summed E-state index contributed by atoms with van der Waals surface area (Å²) in [5.74, 6) is -1.37. The summed E-state index contributed by atoms with van der Waals surface area (Å²) in [5.41, 5.74) is 0. The van der Waals surface area contributed by atoms with Gasteiger partial charge in [-0.25, -0.2) is 9.59 Å². The van der Waals surface area contributed by atoms with Crippen LogP contribution in [0.4, 0.5) is 0 Å². The topological polar surface area (TPSA) is 195 Å². The van der Waals surface area contributed by atoms with Crippen LogP contribution in [0.5, 0.6) is 0 Å². The molecule has 13 nitrogen and oxygen atoms in total. The summed E-state index contributed by atoms with van der Waals surface area (Å²) in [7, 11) is -9.06. The van der Waals surface area contributed by atoms with Gasteiger partial charge in [-0.2, -0.15) is 0 Å². The van der Waals surface area contributed by atoms with Gasteiger partial charge in [0.2, 0.25) is 0 Å². The first-order chi connectivity index (χ1) is 14.4. The van der Waals surface area contributed by atoms with Gasteiger partial charge in [-0.05, 0) is 0 Å². The number of hydrogen-bond donors (Lipinski definition) is 4. The summed E-state index contributed by atoms with van der Waals surface area (Å²) in [5, 5.41) is 0. The van der Waals surface area contributed by atoms with Gasteiger partial charge in [0.1, 0.15) is 19.3 Å². The van der Waals surface area contributed by atoms with Crippen molar-refractivity contribution < 1.29 is 62.0 Å². The Bertz CT molecular complexity index is 620. The van der Waals surface area contributed by atoms with Crippen molar-refractivity contribution in [1.82, 2.24) is 0 Å². The van der Waals surface area contributed by atoms with E-state index in [1.54, 1.807) is 0 Å². The fourth-order valence-electron chi connectivity index (χ4n) is 1.96. The highest BCUT2D eigenvalue weighted by atomic mass is 31.2. The normalized spacial score (nSPS) is 12.1. The number of carbonyl (C=O) groups excluding carboxylic acids is 2. The predicted molar refractivity (Wildman–Crippen MR) is 106 cm³/mol. The first-order valence-corrected chi connectivity index (χ1v) is 12.4. The molecule has 0 saturated heterocycles. The van der Waals surface area contributed by atoms with Crippen LogP contribution in [-0.2, 0) is 42.4 Å². The van der Waals surface area contributed by atoms with Crippen LogP contribution in [0.15, 0.2) is 25.3 Å². The van der Waals surface area contributed by atoms with Crippen molar-refractivity contribution in [2.45, 2.75) is 12.2 Å². The lowest BCUT2D eigenvalue weighted by molar-refractivity contribution is -0.150. The molecule has 0 aliphatic rings. The third kappa shape index (κ3) is 19.0. The van der Waals surface area contributed by atoms with Gasteiger partial charge >= 0.3 is 27.1 Å². The second kappa shape index (κ2) is 15.4. The second-order valence-electron chi connectivity index (χ2n) is 5.96. The van der Waals surface area contributed by atoms with Crippen molar-refractivity contribution in [1.29, 1.82) is 0 Å². The monoisotopic (exact) mass is 490 g/mol. The van der Waals surface area contributed by atoms with E-state index in [0.29, 0.717) is 0 Å². The molecule has 0 aliphatic heterocycles. The zero-order valence-corrected chi connectivity index (χ0v) is 18.5. The summed E-state index contributed by atoms with van der Waals surface area (Å²) in [6.45, 7) is 5.90. The zero-order valence-electron chi connectivity index (χ0n) is 16.7. The van der Waals surface area contributed by atoms with E-state index in [4.69, 9.17) is 43.3 Å². The average molecular weight is 490 g/mol. The molecule has 15 heteroatoms. The Morgan fingerprint density at radius 2 is 1.13 bits per heavy atom. The number of carbonyl (C=O) groups is 2. The fourth-order valence-corrected chi connectivity index (χ4v) is 3.69. The molecule has 0 rings (SSSR count). The summed E-state index contributed by atoms with van der Waals surface area (Å²) in [6, 6.07) is 0. The molecular weight excluding hydrogens is 462 g/mol. The van der Waals surface area contributed by atoms with Crippen LogP contribution in [0, 0.1) is 0 Å².